The zero-order valence-corrected chi connectivity index (χ0v) is 29.5. The quantitative estimate of drug-likeness (QED) is 0.166. The molecule has 0 aliphatic rings. The monoisotopic (exact) mass is 696 g/mol. The average Bonchev–Trinajstić information content (AvgIpc) is 3.82. The predicted octanol–water partition coefficient (Wildman–Crippen LogP) is 14.3. The van der Waals surface area contributed by atoms with Gasteiger partial charge in [-0.2, -0.15) is 0 Å². The molecule has 250 valence electrons. The molecule has 0 unspecified atom stereocenters. The molecule has 0 saturated carbocycles. The average molecular weight is 697 g/mol. The summed E-state index contributed by atoms with van der Waals surface area (Å²) in [5.74, 6) is 0. The summed E-state index contributed by atoms with van der Waals surface area (Å²) >= 11 is 1.70. The number of benzene rings is 8. The highest BCUT2D eigenvalue weighted by Crippen LogP contribution is 2.45. The molecule has 0 bridgehead atoms. The summed E-state index contributed by atoms with van der Waals surface area (Å²) < 4.78 is 7.86. The van der Waals surface area contributed by atoms with Crippen LogP contribution in [0.2, 0.25) is 0 Å². The molecule has 0 spiro atoms. The molecule has 0 aliphatic heterocycles. The molecule has 8 aromatic carbocycles. The highest BCUT2D eigenvalue weighted by atomic mass is 32.1. The molecule has 0 amide bonds. The lowest BCUT2D eigenvalue weighted by atomic mass is 9.95. The van der Waals surface area contributed by atoms with E-state index in [0.717, 1.165) is 82.0 Å². The van der Waals surface area contributed by atoms with E-state index in [4.69, 9.17) is 9.40 Å². The molecule has 0 atom stereocenters. The second-order valence-corrected chi connectivity index (χ2v) is 14.2. The normalized spacial score (nSPS) is 11.4. The fraction of sp³-hybridized carbons (Fsp3) is 0. The molecule has 0 fully saturated rings. The van der Waals surface area contributed by atoms with Crippen molar-refractivity contribution in [3.05, 3.63) is 194 Å². The van der Waals surface area contributed by atoms with Crippen molar-refractivity contribution >= 4 is 60.6 Å². The molecule has 10 rings (SSSR count). The van der Waals surface area contributed by atoms with E-state index in [1.807, 2.05) is 6.07 Å². The second kappa shape index (κ2) is 13.1. The summed E-state index contributed by atoms with van der Waals surface area (Å²) in [4.78, 5) is 7.37. The number of para-hydroxylation sites is 2. The van der Waals surface area contributed by atoms with Gasteiger partial charge in [0.05, 0.1) is 15.9 Å². The largest absolute Gasteiger partial charge is 0.455 e. The van der Waals surface area contributed by atoms with Gasteiger partial charge in [-0.3, -0.25) is 0 Å². The van der Waals surface area contributed by atoms with Crippen molar-refractivity contribution in [1.29, 1.82) is 0 Å². The Balaban J connectivity index is 1.12. The van der Waals surface area contributed by atoms with Gasteiger partial charge >= 0.3 is 0 Å². The highest BCUT2D eigenvalue weighted by Gasteiger charge is 2.20. The van der Waals surface area contributed by atoms with Crippen LogP contribution >= 0.6 is 11.3 Å². The first-order chi connectivity index (χ1) is 26.3. The SMILES string of the molecule is c1ccc(-c2ccc(N(c3ccccc3)c3ccc(-c4cccc5c4oc4cc6sc(-c7ccccc7)nc6cc45)cc3-c3ccccc3)cc2)cc1. The zero-order valence-electron chi connectivity index (χ0n) is 28.7. The minimum absolute atomic E-state index is 0.873. The van der Waals surface area contributed by atoms with Crippen LogP contribution in [0, 0.1) is 0 Å². The number of aromatic nitrogens is 1. The Morgan fingerprint density at radius 2 is 1.04 bits per heavy atom. The first-order valence-electron chi connectivity index (χ1n) is 17.8. The molecule has 0 saturated heterocycles. The summed E-state index contributed by atoms with van der Waals surface area (Å²) in [6, 6.07) is 68.6. The number of furan rings is 1. The van der Waals surface area contributed by atoms with E-state index < -0.39 is 0 Å². The molecule has 0 radical (unpaired) electrons. The van der Waals surface area contributed by atoms with Crippen LogP contribution < -0.4 is 4.90 Å². The Bertz CT molecular complexity index is 2860. The first-order valence-corrected chi connectivity index (χ1v) is 18.6. The van der Waals surface area contributed by atoms with Crippen LogP contribution in [0.1, 0.15) is 0 Å². The standard InChI is InChI=1S/C49H32N2OS/c1-5-14-33(15-6-1)34-24-27-39(28-25-34)51(38-20-11-4-12-21-38)45-29-26-37(30-42(45)35-16-7-2-8-17-35)40-22-13-23-41-43-31-44-47(32-46(43)52-48(40)41)53-49(50-44)36-18-9-3-10-19-36/h1-32H. The summed E-state index contributed by atoms with van der Waals surface area (Å²) in [6.07, 6.45) is 0. The fourth-order valence-corrected chi connectivity index (χ4v) is 8.32. The number of nitrogens with zero attached hydrogens (tertiary/aromatic N) is 2. The Labute approximate surface area is 311 Å². The van der Waals surface area contributed by atoms with E-state index in [1.54, 1.807) is 11.3 Å². The molecule has 2 heterocycles. The number of thiazole rings is 1. The Morgan fingerprint density at radius 3 is 1.75 bits per heavy atom. The third kappa shape index (κ3) is 5.66. The Hall–Kier alpha value is -6.75. The van der Waals surface area contributed by atoms with Crippen LogP contribution in [0.4, 0.5) is 17.1 Å². The molecular weight excluding hydrogens is 665 g/mol. The van der Waals surface area contributed by atoms with Gasteiger partial charge in [-0.1, -0.05) is 146 Å². The third-order valence-corrected chi connectivity index (χ3v) is 11.0. The molecule has 0 aliphatic carbocycles. The van der Waals surface area contributed by atoms with E-state index in [2.05, 4.69) is 193 Å². The molecule has 4 heteroatoms. The van der Waals surface area contributed by atoms with E-state index in [1.165, 1.54) is 11.1 Å². The minimum atomic E-state index is 0.873. The van der Waals surface area contributed by atoms with E-state index in [9.17, 15) is 0 Å². The lowest BCUT2D eigenvalue weighted by Gasteiger charge is -2.28. The number of hydrogen-bond acceptors (Lipinski definition) is 4. The van der Waals surface area contributed by atoms with E-state index >= 15 is 0 Å². The lowest BCUT2D eigenvalue weighted by molar-refractivity contribution is 0.670. The third-order valence-electron chi connectivity index (χ3n) is 9.91. The van der Waals surface area contributed by atoms with Crippen molar-refractivity contribution in [2.24, 2.45) is 0 Å². The van der Waals surface area contributed by atoms with Gasteiger partial charge in [0.1, 0.15) is 16.2 Å². The molecule has 10 aromatic rings. The van der Waals surface area contributed by atoms with Gasteiger partial charge in [-0.05, 0) is 64.7 Å². The second-order valence-electron chi connectivity index (χ2n) is 13.2. The van der Waals surface area contributed by atoms with E-state index in [0.29, 0.717) is 0 Å². The van der Waals surface area contributed by atoms with Crippen molar-refractivity contribution in [2.75, 3.05) is 4.90 Å². The molecule has 2 aromatic heterocycles. The number of anilines is 3. The van der Waals surface area contributed by atoms with Gasteiger partial charge in [-0.25, -0.2) is 4.98 Å². The Morgan fingerprint density at radius 1 is 0.434 bits per heavy atom. The summed E-state index contributed by atoms with van der Waals surface area (Å²) in [5, 5.41) is 3.18. The maximum absolute atomic E-state index is 6.74. The topological polar surface area (TPSA) is 29.3 Å². The summed E-state index contributed by atoms with van der Waals surface area (Å²) in [7, 11) is 0. The maximum atomic E-state index is 6.74. The molecular formula is C49H32N2OS. The maximum Gasteiger partial charge on any atom is 0.143 e. The van der Waals surface area contributed by atoms with Gasteiger partial charge < -0.3 is 9.32 Å². The van der Waals surface area contributed by atoms with Gasteiger partial charge in [0.15, 0.2) is 0 Å². The van der Waals surface area contributed by atoms with Crippen LogP contribution in [0.15, 0.2) is 199 Å². The van der Waals surface area contributed by atoms with Crippen LogP contribution in [0.25, 0.3) is 76.1 Å². The summed E-state index contributed by atoms with van der Waals surface area (Å²) in [6.45, 7) is 0. The van der Waals surface area contributed by atoms with Crippen molar-refractivity contribution in [3.8, 4) is 44.0 Å². The molecule has 53 heavy (non-hydrogen) atoms. The van der Waals surface area contributed by atoms with Crippen molar-refractivity contribution < 1.29 is 4.42 Å². The fourth-order valence-electron chi connectivity index (χ4n) is 7.34. The first kappa shape index (κ1) is 31.0. The van der Waals surface area contributed by atoms with Crippen LogP contribution in [0.3, 0.4) is 0 Å². The zero-order chi connectivity index (χ0) is 35.1. The van der Waals surface area contributed by atoms with Crippen molar-refractivity contribution in [2.45, 2.75) is 0 Å². The number of fused-ring (bicyclic) bond motifs is 4. The highest BCUT2D eigenvalue weighted by molar-refractivity contribution is 7.21. The van der Waals surface area contributed by atoms with Crippen LogP contribution in [-0.4, -0.2) is 4.98 Å². The van der Waals surface area contributed by atoms with Crippen molar-refractivity contribution in [3.63, 3.8) is 0 Å². The predicted molar refractivity (Wildman–Crippen MR) is 223 cm³/mol. The lowest BCUT2D eigenvalue weighted by Crippen LogP contribution is -2.11. The van der Waals surface area contributed by atoms with Gasteiger partial charge in [0.2, 0.25) is 0 Å². The number of rotatable bonds is 7. The Kier molecular flexibility index (Phi) is 7.67. The smallest absolute Gasteiger partial charge is 0.143 e. The number of hydrogen-bond donors (Lipinski definition) is 0. The molecule has 0 N–H and O–H groups in total. The minimum Gasteiger partial charge on any atom is -0.455 e. The van der Waals surface area contributed by atoms with Gasteiger partial charge in [0, 0.05) is 44.9 Å². The van der Waals surface area contributed by atoms with E-state index in [-0.39, 0.29) is 0 Å². The van der Waals surface area contributed by atoms with Crippen LogP contribution in [-0.2, 0) is 0 Å². The summed E-state index contributed by atoms with van der Waals surface area (Å²) in [5.41, 5.74) is 14.0. The van der Waals surface area contributed by atoms with Gasteiger partial charge in [0.25, 0.3) is 0 Å². The van der Waals surface area contributed by atoms with Crippen molar-refractivity contribution in [1.82, 2.24) is 4.98 Å². The van der Waals surface area contributed by atoms with Gasteiger partial charge in [-0.15, -0.1) is 11.3 Å². The van der Waals surface area contributed by atoms with Crippen LogP contribution in [0.5, 0.6) is 0 Å². The molecule has 3 nitrogen and oxygen atoms in total.